The summed E-state index contributed by atoms with van der Waals surface area (Å²) in [5.41, 5.74) is 0.773. The average Bonchev–Trinajstić information content (AvgIpc) is 2.89. The van der Waals surface area contributed by atoms with Gasteiger partial charge in [0.1, 0.15) is 0 Å². The monoisotopic (exact) mass is 314 g/mol. The van der Waals surface area contributed by atoms with Gasteiger partial charge < -0.3 is 9.84 Å². The molecule has 0 radical (unpaired) electrons. The summed E-state index contributed by atoms with van der Waals surface area (Å²) in [6.07, 6.45) is 0. The molecule has 2 heterocycles. The molecule has 5 nitrogen and oxygen atoms in total. The van der Waals surface area contributed by atoms with E-state index in [1.165, 1.54) is 0 Å². The Hall–Kier alpha value is -1.14. The molecule has 1 atom stereocenters. The molecule has 1 saturated heterocycles. The van der Waals surface area contributed by atoms with E-state index in [-0.39, 0.29) is 18.4 Å². The number of benzene rings is 1. The number of hydrogen-bond donors (Lipinski definition) is 1. The Labute approximate surface area is 128 Å². The van der Waals surface area contributed by atoms with E-state index in [4.69, 9.17) is 16.1 Å². The first-order valence-corrected chi connectivity index (χ1v) is 6.63. The first kappa shape index (κ1) is 15.3. The van der Waals surface area contributed by atoms with Crippen LogP contribution in [-0.2, 0) is 0 Å². The van der Waals surface area contributed by atoms with E-state index in [0.717, 1.165) is 25.2 Å². The van der Waals surface area contributed by atoms with Crippen LogP contribution in [0.1, 0.15) is 11.9 Å². The molecule has 1 fully saturated rings. The second-order valence-electron chi connectivity index (χ2n) is 4.64. The third-order valence-electron chi connectivity index (χ3n) is 3.36. The summed E-state index contributed by atoms with van der Waals surface area (Å²) in [7, 11) is 2.07. The highest BCUT2D eigenvalue weighted by atomic mass is 35.5. The molecule has 0 bridgehead atoms. The lowest BCUT2D eigenvalue weighted by molar-refractivity contribution is 0.190. The third-order valence-corrected chi connectivity index (χ3v) is 3.68. The second kappa shape index (κ2) is 6.54. The van der Waals surface area contributed by atoms with Gasteiger partial charge in [-0.3, -0.25) is 4.90 Å². The van der Waals surface area contributed by atoms with Crippen molar-refractivity contribution in [2.45, 2.75) is 6.04 Å². The maximum Gasteiger partial charge on any atom is 0.259 e. The van der Waals surface area contributed by atoms with Crippen molar-refractivity contribution in [1.82, 2.24) is 20.4 Å². The van der Waals surface area contributed by atoms with Crippen molar-refractivity contribution in [3.8, 4) is 11.5 Å². The topological polar surface area (TPSA) is 54.2 Å². The van der Waals surface area contributed by atoms with Gasteiger partial charge in [0.2, 0.25) is 0 Å². The lowest BCUT2D eigenvalue weighted by atomic mass is 10.2. The molecule has 1 N–H and O–H groups in total. The molecule has 20 heavy (non-hydrogen) atoms. The van der Waals surface area contributed by atoms with Crippen LogP contribution in [0.2, 0.25) is 5.02 Å². The zero-order valence-electron chi connectivity index (χ0n) is 11.0. The van der Waals surface area contributed by atoms with Crippen molar-refractivity contribution >= 4 is 24.0 Å². The molecule has 108 valence electrons. The van der Waals surface area contributed by atoms with Gasteiger partial charge in [0.25, 0.3) is 5.89 Å². The van der Waals surface area contributed by atoms with Crippen LogP contribution in [0.15, 0.2) is 28.8 Å². The number of halogens is 2. The maximum absolute atomic E-state index is 6.13. The Balaban J connectivity index is 0.00000147. The molecule has 1 unspecified atom stereocenters. The predicted molar refractivity (Wildman–Crippen MR) is 80.2 cm³/mol. The van der Waals surface area contributed by atoms with Crippen LogP contribution in [0.3, 0.4) is 0 Å². The molecule has 0 amide bonds. The summed E-state index contributed by atoms with van der Waals surface area (Å²) in [6, 6.07) is 7.62. The smallest absolute Gasteiger partial charge is 0.259 e. The lowest BCUT2D eigenvalue weighted by Crippen LogP contribution is -2.44. The van der Waals surface area contributed by atoms with Crippen LogP contribution >= 0.6 is 24.0 Å². The van der Waals surface area contributed by atoms with Gasteiger partial charge >= 0.3 is 0 Å². The van der Waals surface area contributed by atoms with Crippen LogP contribution in [0.4, 0.5) is 0 Å². The summed E-state index contributed by atoms with van der Waals surface area (Å²) < 4.78 is 5.33. The van der Waals surface area contributed by atoms with Crippen molar-refractivity contribution in [3.05, 3.63) is 35.1 Å². The number of hydrogen-bond acceptors (Lipinski definition) is 5. The van der Waals surface area contributed by atoms with E-state index in [9.17, 15) is 0 Å². The number of nitrogens with one attached hydrogen (secondary N) is 1. The molecule has 0 spiro atoms. The van der Waals surface area contributed by atoms with E-state index < -0.39 is 0 Å². The molecule has 1 aromatic carbocycles. The molecule has 0 aliphatic carbocycles. The van der Waals surface area contributed by atoms with Gasteiger partial charge in [-0.1, -0.05) is 28.9 Å². The minimum absolute atomic E-state index is 0. The summed E-state index contributed by atoms with van der Waals surface area (Å²) in [5.74, 6) is 1.17. The van der Waals surface area contributed by atoms with Crippen LogP contribution in [0.5, 0.6) is 0 Å². The van der Waals surface area contributed by atoms with Gasteiger partial charge in [-0.15, -0.1) is 12.4 Å². The minimum atomic E-state index is 0. The summed E-state index contributed by atoms with van der Waals surface area (Å²) in [5, 5.41) is 8.03. The highest BCUT2D eigenvalue weighted by Gasteiger charge is 2.25. The largest absolute Gasteiger partial charge is 0.334 e. The Kier molecular flexibility index (Phi) is 4.99. The van der Waals surface area contributed by atoms with Crippen molar-refractivity contribution < 1.29 is 4.52 Å². The first-order valence-electron chi connectivity index (χ1n) is 6.25. The van der Waals surface area contributed by atoms with Crippen molar-refractivity contribution in [2.24, 2.45) is 0 Å². The Morgan fingerprint density at radius 1 is 1.40 bits per heavy atom. The fourth-order valence-electron chi connectivity index (χ4n) is 2.21. The van der Waals surface area contributed by atoms with E-state index in [1.807, 2.05) is 24.3 Å². The fourth-order valence-corrected chi connectivity index (χ4v) is 2.43. The predicted octanol–water partition coefficient (Wildman–Crippen LogP) is 2.39. The Bertz CT molecular complexity index is 575. The molecule has 1 aromatic heterocycles. The maximum atomic E-state index is 6.13. The van der Waals surface area contributed by atoms with E-state index in [2.05, 4.69) is 27.4 Å². The summed E-state index contributed by atoms with van der Waals surface area (Å²) in [4.78, 5) is 6.69. The lowest BCUT2D eigenvalue weighted by Gasteiger charge is -2.30. The Morgan fingerprint density at radius 3 is 2.95 bits per heavy atom. The number of likely N-dealkylation sites (N-methyl/N-ethyl adjacent to an activating group) is 1. The molecule has 7 heteroatoms. The quantitative estimate of drug-likeness (QED) is 0.922. The molecule has 3 rings (SSSR count). The number of aromatic nitrogens is 2. The van der Waals surface area contributed by atoms with E-state index >= 15 is 0 Å². The van der Waals surface area contributed by atoms with Crippen molar-refractivity contribution in [1.29, 1.82) is 0 Å². The van der Waals surface area contributed by atoms with E-state index in [0.29, 0.717) is 16.7 Å². The van der Waals surface area contributed by atoms with Crippen molar-refractivity contribution in [3.63, 3.8) is 0 Å². The molecule has 1 aliphatic rings. The van der Waals surface area contributed by atoms with Crippen LogP contribution in [0, 0.1) is 0 Å². The average molecular weight is 315 g/mol. The number of rotatable bonds is 2. The van der Waals surface area contributed by atoms with Gasteiger partial charge in [0.05, 0.1) is 16.6 Å². The van der Waals surface area contributed by atoms with Crippen LogP contribution in [0.25, 0.3) is 11.5 Å². The molecule has 1 aliphatic heterocycles. The van der Waals surface area contributed by atoms with Crippen LogP contribution < -0.4 is 5.32 Å². The van der Waals surface area contributed by atoms with Gasteiger partial charge in [-0.2, -0.15) is 4.98 Å². The van der Waals surface area contributed by atoms with Gasteiger partial charge in [-0.25, -0.2) is 0 Å². The van der Waals surface area contributed by atoms with E-state index in [1.54, 1.807) is 0 Å². The molecular weight excluding hydrogens is 299 g/mol. The van der Waals surface area contributed by atoms with Gasteiger partial charge in [-0.05, 0) is 19.2 Å². The number of piperazine rings is 1. The third kappa shape index (κ3) is 2.96. The molecule has 0 saturated carbocycles. The normalized spacial score (nSPS) is 19.6. The molecular formula is C13H16Cl2N4O. The summed E-state index contributed by atoms with van der Waals surface area (Å²) >= 11 is 6.13. The zero-order chi connectivity index (χ0) is 13.2. The van der Waals surface area contributed by atoms with Crippen molar-refractivity contribution in [2.75, 3.05) is 26.7 Å². The number of nitrogens with zero attached hydrogens (tertiary/aromatic N) is 3. The van der Waals surface area contributed by atoms with Gasteiger partial charge in [0.15, 0.2) is 5.82 Å². The van der Waals surface area contributed by atoms with Crippen LogP contribution in [-0.4, -0.2) is 41.7 Å². The Morgan fingerprint density at radius 2 is 2.20 bits per heavy atom. The highest BCUT2D eigenvalue weighted by Crippen LogP contribution is 2.27. The zero-order valence-corrected chi connectivity index (χ0v) is 12.6. The fraction of sp³-hybridized carbons (Fsp3) is 0.385. The standard InChI is InChI=1S/C13H15ClN4O.ClH/c1-18-7-6-15-8-11(18)12-16-13(19-17-12)9-4-2-3-5-10(9)14;/h2-5,11,15H,6-8H2,1H3;1H. The molecule has 2 aromatic rings. The first-order chi connectivity index (χ1) is 9.25. The highest BCUT2D eigenvalue weighted by molar-refractivity contribution is 6.33. The second-order valence-corrected chi connectivity index (χ2v) is 5.05. The summed E-state index contributed by atoms with van der Waals surface area (Å²) in [6.45, 7) is 2.79. The SMILES string of the molecule is CN1CCNCC1c1noc(-c2ccccc2Cl)n1.Cl. The minimum Gasteiger partial charge on any atom is -0.334 e. The van der Waals surface area contributed by atoms with Gasteiger partial charge in [0, 0.05) is 19.6 Å².